The van der Waals surface area contributed by atoms with Crippen LogP contribution in [0.2, 0.25) is 0 Å². The number of carboxylic acids is 2. The molecule has 1 fully saturated rings. The first-order valence-electron chi connectivity index (χ1n) is 28.1. The molecule has 89 heavy (non-hydrogen) atoms. The molecule has 0 bridgehead atoms. The van der Waals surface area contributed by atoms with Gasteiger partial charge in [-0.1, -0.05) is 73.5 Å². The van der Waals surface area contributed by atoms with E-state index in [0.717, 1.165) is 22.8 Å². The van der Waals surface area contributed by atoms with E-state index < -0.39 is 113 Å². The molecule has 10 N–H and O–H groups in total. The Morgan fingerprint density at radius 2 is 1.33 bits per heavy atom. The van der Waals surface area contributed by atoms with Gasteiger partial charge in [0.25, 0.3) is 29.1 Å². The minimum Gasteiger partial charge on any atom is -0.478 e. The number of nitrogens with one attached hydrogen (secondary N) is 6. The van der Waals surface area contributed by atoms with Crippen molar-refractivity contribution in [2.75, 3.05) is 72.5 Å². The highest BCUT2D eigenvalue weighted by atomic mass is 31.2. The number of Topliss-reactive ketones (excluding diaryl/α,β-unsaturated/α-hetero) is 2. The second kappa shape index (κ2) is 31.0. The number of hydrogen-bond acceptors (Lipinski definition) is 19. The van der Waals surface area contributed by atoms with E-state index in [1.807, 2.05) is 0 Å². The van der Waals surface area contributed by atoms with Crippen LogP contribution in [0.5, 0.6) is 0 Å². The van der Waals surface area contributed by atoms with Gasteiger partial charge in [0.05, 0.1) is 86.9 Å². The van der Waals surface area contributed by atoms with Crippen LogP contribution < -0.4 is 48.6 Å². The average molecular weight is 1250 g/mol. The summed E-state index contributed by atoms with van der Waals surface area (Å²) in [5.41, 5.74) is -2.32. The zero-order chi connectivity index (χ0) is 63.6. The molecule has 1 saturated heterocycles. The molecule has 6 aromatic rings. The van der Waals surface area contributed by atoms with Crippen LogP contribution in [0.1, 0.15) is 117 Å². The van der Waals surface area contributed by atoms with E-state index in [0.29, 0.717) is 49.4 Å². The van der Waals surface area contributed by atoms with Gasteiger partial charge in [-0.25, -0.2) is 24.8 Å². The lowest BCUT2D eigenvalue weighted by Gasteiger charge is -2.23. The molecule has 28 nitrogen and oxygen atoms in total. The topological polar surface area (TPSA) is 412 Å². The predicted octanol–water partition coefficient (Wildman–Crippen LogP) is 1.24. The van der Waals surface area contributed by atoms with E-state index in [1.165, 1.54) is 30.5 Å². The molecule has 468 valence electrons. The van der Waals surface area contributed by atoms with Crippen molar-refractivity contribution >= 4 is 76.3 Å². The molecular weight excluding hydrogens is 1180 g/mol. The predicted molar refractivity (Wildman–Crippen MR) is 316 cm³/mol. The molecule has 1 aliphatic carbocycles. The van der Waals surface area contributed by atoms with Gasteiger partial charge < -0.3 is 64.9 Å². The van der Waals surface area contributed by atoms with Crippen LogP contribution in [0.15, 0.2) is 113 Å². The maximum absolute atomic E-state index is 15.6. The van der Waals surface area contributed by atoms with Crippen molar-refractivity contribution in [1.29, 1.82) is 0 Å². The molecule has 4 amide bonds. The van der Waals surface area contributed by atoms with Crippen molar-refractivity contribution in [3.05, 3.63) is 169 Å². The summed E-state index contributed by atoms with van der Waals surface area (Å²) in [5, 5.41) is 48.2. The number of aliphatic hydroxyl groups is 2. The molecule has 3 aromatic carbocycles. The lowest BCUT2D eigenvalue weighted by atomic mass is 9.88. The standard InChI is InChI=1S/C60H63N8O20P/c69-34-45-44(70)32-48(88-45)68-33-36(55(75)66-60(68)82)16-18-47(71)61-19-9-1-2-10-20-62-54(74)35-15-17-39(46(29-35)89(83,37-11-5-3-6-12-37)38-13-7-4-8-14-38)56(76)63-21-22-84-23-24-85-25-26-86-27-28-87-67-57(77)42-30-40(58(78)79)49-50-41(31-43(65-50)59(80)81)52(72)53(73)51(49)64-42/h3-8,11-18,29-31,33,44-45,48,65,69-70H,1-2,9-10,19-28,32,34H2,(H,61,71)(H,62,74)(H,63,76)(H,67,77)(H,78,79)(H,80,81)(H,66,75,82)/b18-16+/t44?,45-,48-/m1/s1. The lowest BCUT2D eigenvalue weighted by Crippen LogP contribution is -2.35. The number of pyridine rings is 1. The summed E-state index contributed by atoms with van der Waals surface area (Å²) in [4.78, 5) is 141. The molecule has 1 aliphatic heterocycles. The van der Waals surface area contributed by atoms with Crippen LogP contribution in [0, 0.1) is 0 Å². The Labute approximate surface area is 505 Å². The number of hydroxylamine groups is 1. The third kappa shape index (κ3) is 16.2. The van der Waals surface area contributed by atoms with Crippen molar-refractivity contribution in [2.24, 2.45) is 0 Å². The first-order valence-corrected chi connectivity index (χ1v) is 29.8. The SMILES string of the molecule is O=C(/C=C/c1cn([C@H]2CC(O)[C@@H](CO)O2)c(=O)[nH]c1=O)NCCCCCCNC(=O)c1ccc(C(=O)NCCOCCOCCOCCONC(=O)c2cc(C(=O)O)c3c(n2)C(=O)C(=O)c2cc(C(=O)O)[nH]c2-3)c(P(=O)(c2ccccc2)c2ccccc2)c1. The van der Waals surface area contributed by atoms with Gasteiger partial charge in [-0.3, -0.25) is 48.0 Å². The van der Waals surface area contributed by atoms with Gasteiger partial charge in [0.1, 0.15) is 29.4 Å². The van der Waals surface area contributed by atoms with Crippen molar-refractivity contribution < 1.29 is 87.1 Å². The summed E-state index contributed by atoms with van der Waals surface area (Å²) in [6.07, 6.45) is 3.47. The molecule has 4 heterocycles. The number of aromatic amines is 2. The summed E-state index contributed by atoms with van der Waals surface area (Å²) in [6.45, 7) is 0.706. The van der Waals surface area contributed by atoms with Crippen molar-refractivity contribution in [3.8, 4) is 11.3 Å². The zero-order valence-electron chi connectivity index (χ0n) is 47.6. The summed E-state index contributed by atoms with van der Waals surface area (Å²) in [5.74, 6) is -7.91. The number of benzene rings is 3. The Balaban J connectivity index is 0.745. The van der Waals surface area contributed by atoms with E-state index in [4.69, 9.17) is 23.8 Å². The Hall–Kier alpha value is -9.38. The van der Waals surface area contributed by atoms with Gasteiger partial charge in [0, 0.05) is 65.4 Å². The van der Waals surface area contributed by atoms with E-state index in [2.05, 4.69) is 36.4 Å². The fourth-order valence-corrected chi connectivity index (χ4v) is 12.5. The van der Waals surface area contributed by atoms with Crippen LogP contribution in [-0.2, 0) is 33.1 Å². The fourth-order valence-electron chi connectivity index (χ4n) is 9.62. The first kappa shape index (κ1) is 65.6. The number of nitrogens with zero attached hydrogens (tertiary/aromatic N) is 2. The Bertz CT molecular complexity index is 3770. The Morgan fingerprint density at radius 1 is 0.697 bits per heavy atom. The summed E-state index contributed by atoms with van der Waals surface area (Å²) < 4.78 is 38.9. The minimum atomic E-state index is -3.79. The van der Waals surface area contributed by atoms with Crippen LogP contribution in [-0.4, -0.2) is 172 Å². The number of carbonyl (C=O) groups excluding carboxylic acids is 6. The minimum absolute atomic E-state index is 0.00443. The van der Waals surface area contributed by atoms with Gasteiger partial charge in [-0.05, 0) is 49.2 Å². The lowest BCUT2D eigenvalue weighted by molar-refractivity contribution is -0.116. The third-order valence-electron chi connectivity index (χ3n) is 14.1. The second-order valence-electron chi connectivity index (χ2n) is 20.1. The van der Waals surface area contributed by atoms with Gasteiger partial charge in [-0.2, -0.15) is 0 Å². The highest BCUT2D eigenvalue weighted by Crippen LogP contribution is 2.44. The number of fused-ring (bicyclic) bond motifs is 3. The molecule has 3 aromatic heterocycles. The maximum atomic E-state index is 15.6. The maximum Gasteiger partial charge on any atom is 0.352 e. The number of H-pyrrole nitrogens is 2. The number of rotatable bonds is 32. The van der Waals surface area contributed by atoms with E-state index >= 15 is 4.57 Å². The number of carboxylic acid groups (broad SMARTS) is 2. The monoisotopic (exact) mass is 1250 g/mol. The smallest absolute Gasteiger partial charge is 0.352 e. The molecule has 3 atom stereocenters. The fraction of sp³-hybridized carbons (Fsp3) is 0.317. The van der Waals surface area contributed by atoms with Crippen molar-refractivity contribution in [1.82, 2.24) is 40.9 Å². The van der Waals surface area contributed by atoms with Gasteiger partial charge in [0.15, 0.2) is 7.14 Å². The summed E-state index contributed by atoms with van der Waals surface area (Å²) in [6, 6.07) is 23.6. The second-order valence-corrected chi connectivity index (χ2v) is 22.8. The average Bonchev–Trinajstić information content (AvgIpc) is 1.77. The van der Waals surface area contributed by atoms with Gasteiger partial charge >= 0.3 is 17.6 Å². The van der Waals surface area contributed by atoms with E-state index in [-0.39, 0.29) is 98.0 Å². The molecule has 0 spiro atoms. The number of aromatic carboxylic acids is 2. The highest BCUT2D eigenvalue weighted by Gasteiger charge is 2.39. The van der Waals surface area contributed by atoms with Crippen LogP contribution in [0.3, 0.4) is 0 Å². The van der Waals surface area contributed by atoms with Gasteiger partial charge in [-0.15, -0.1) is 0 Å². The summed E-state index contributed by atoms with van der Waals surface area (Å²) >= 11 is 0. The molecule has 8 rings (SSSR count). The first-order chi connectivity index (χ1) is 42.9. The number of aromatic nitrogens is 4. The Morgan fingerprint density at radius 3 is 1.96 bits per heavy atom. The molecular formula is C60H63N8O20P. The number of amides is 4. The van der Waals surface area contributed by atoms with Crippen molar-refractivity contribution in [2.45, 2.75) is 50.5 Å². The normalized spacial score (nSPS) is 15.3. The highest BCUT2D eigenvalue weighted by molar-refractivity contribution is 7.85. The molecule has 29 heteroatoms. The van der Waals surface area contributed by atoms with E-state index in [9.17, 15) is 68.4 Å². The van der Waals surface area contributed by atoms with Crippen LogP contribution in [0.4, 0.5) is 0 Å². The van der Waals surface area contributed by atoms with Crippen molar-refractivity contribution in [3.63, 3.8) is 0 Å². The number of aliphatic hydroxyl groups excluding tert-OH is 2. The van der Waals surface area contributed by atoms with Gasteiger partial charge in [0.2, 0.25) is 11.7 Å². The number of unbranched alkanes of at least 4 members (excludes halogenated alkanes) is 3. The number of carbonyl (C=O) groups is 8. The summed E-state index contributed by atoms with van der Waals surface area (Å²) in [7, 11) is -3.79. The zero-order valence-corrected chi connectivity index (χ0v) is 48.5. The Kier molecular flexibility index (Phi) is 22.8. The number of ether oxygens (including phenoxy) is 4. The largest absolute Gasteiger partial charge is 0.478 e. The quantitative estimate of drug-likeness (QED) is 0.00934. The molecule has 0 radical (unpaired) electrons. The molecule has 0 saturated carbocycles. The third-order valence-corrected chi connectivity index (χ3v) is 17.2. The van der Waals surface area contributed by atoms with E-state index in [1.54, 1.807) is 60.7 Å². The van der Waals surface area contributed by atoms with Crippen LogP contribution >= 0.6 is 7.14 Å². The number of ketones is 2. The number of hydrogen-bond donors (Lipinski definition) is 10. The van der Waals surface area contributed by atoms with Crippen LogP contribution in [0.25, 0.3) is 17.3 Å². The molecule has 2 aliphatic rings. The molecule has 1 unspecified atom stereocenters.